The molecule has 0 radical (unpaired) electrons. The second-order valence-electron chi connectivity index (χ2n) is 5.76. The maximum atomic E-state index is 11.9. The van der Waals surface area contributed by atoms with Gasteiger partial charge in [0.15, 0.2) is 17.4 Å². The molecule has 0 atom stereocenters. The average Bonchev–Trinajstić information content (AvgIpc) is 3.12. The van der Waals surface area contributed by atoms with E-state index in [0.717, 1.165) is 17.1 Å². The van der Waals surface area contributed by atoms with Gasteiger partial charge in [-0.1, -0.05) is 0 Å². The van der Waals surface area contributed by atoms with Crippen LogP contribution in [0.4, 0.5) is 5.82 Å². The summed E-state index contributed by atoms with van der Waals surface area (Å²) in [6, 6.07) is 7.28. The Morgan fingerprint density at radius 2 is 2.00 bits per heavy atom. The molecule has 1 amide bonds. The fourth-order valence-corrected chi connectivity index (χ4v) is 2.48. The average molecular weight is 340 g/mol. The number of anilines is 1. The molecule has 0 aliphatic carbocycles. The maximum absolute atomic E-state index is 11.9. The standard InChI is InChI=1S/C17H20N6O2/c1-10-7-11(2)23(22-10)15-8-14(19-16(24)9-18-4)20-17(21-15)13-6-5-12(3)25-13/h5-8,18H,9H2,1-4H3,(H,19,20,21,24). The molecule has 8 heteroatoms. The Hall–Kier alpha value is -3.00. The van der Waals surface area contributed by atoms with Crippen LogP contribution in [0.15, 0.2) is 28.7 Å². The van der Waals surface area contributed by atoms with Gasteiger partial charge in [0.05, 0.1) is 12.2 Å². The highest BCUT2D eigenvalue weighted by molar-refractivity contribution is 5.91. The molecule has 130 valence electrons. The molecule has 0 bridgehead atoms. The predicted molar refractivity (Wildman–Crippen MR) is 93.6 cm³/mol. The summed E-state index contributed by atoms with van der Waals surface area (Å²) in [4.78, 5) is 20.8. The number of aromatic nitrogens is 4. The van der Waals surface area contributed by atoms with Crippen LogP contribution in [0.3, 0.4) is 0 Å². The summed E-state index contributed by atoms with van der Waals surface area (Å²) in [7, 11) is 1.71. The summed E-state index contributed by atoms with van der Waals surface area (Å²) in [5, 5.41) is 10.0. The Kier molecular flexibility index (Phi) is 4.62. The van der Waals surface area contributed by atoms with Gasteiger partial charge in [0.2, 0.25) is 5.91 Å². The van der Waals surface area contributed by atoms with Gasteiger partial charge >= 0.3 is 0 Å². The molecule has 25 heavy (non-hydrogen) atoms. The van der Waals surface area contributed by atoms with Crippen molar-refractivity contribution in [2.45, 2.75) is 20.8 Å². The minimum Gasteiger partial charge on any atom is -0.458 e. The number of likely N-dealkylation sites (N-methyl/N-ethyl adjacent to an activating group) is 1. The second-order valence-corrected chi connectivity index (χ2v) is 5.76. The molecule has 0 aliphatic heterocycles. The lowest BCUT2D eigenvalue weighted by Crippen LogP contribution is -2.25. The van der Waals surface area contributed by atoms with E-state index in [9.17, 15) is 4.79 Å². The summed E-state index contributed by atoms with van der Waals surface area (Å²) in [5.41, 5.74) is 1.82. The SMILES string of the molecule is CNCC(=O)Nc1cc(-n2nc(C)cc2C)nc(-c2ccc(C)o2)n1. The van der Waals surface area contributed by atoms with Crippen molar-refractivity contribution in [1.29, 1.82) is 0 Å². The van der Waals surface area contributed by atoms with Crippen LogP contribution in [0.5, 0.6) is 0 Å². The summed E-state index contributed by atoms with van der Waals surface area (Å²) in [5.74, 6) is 2.44. The third-order valence-corrected chi connectivity index (χ3v) is 3.50. The number of amides is 1. The third kappa shape index (κ3) is 3.74. The second kappa shape index (κ2) is 6.86. The fourth-order valence-electron chi connectivity index (χ4n) is 2.48. The number of furan rings is 1. The highest BCUT2D eigenvalue weighted by atomic mass is 16.3. The number of carbonyl (C=O) groups excluding carboxylic acids is 1. The molecule has 3 aromatic rings. The topological polar surface area (TPSA) is 97.9 Å². The Bertz CT molecular complexity index is 912. The minimum atomic E-state index is -0.193. The van der Waals surface area contributed by atoms with Crippen LogP contribution in [-0.2, 0) is 4.79 Å². The number of nitrogens with one attached hydrogen (secondary N) is 2. The van der Waals surface area contributed by atoms with Gasteiger partial charge < -0.3 is 15.1 Å². The predicted octanol–water partition coefficient (Wildman–Crippen LogP) is 2.01. The van der Waals surface area contributed by atoms with E-state index in [2.05, 4.69) is 25.7 Å². The van der Waals surface area contributed by atoms with Crippen molar-refractivity contribution < 1.29 is 9.21 Å². The zero-order chi connectivity index (χ0) is 18.0. The first kappa shape index (κ1) is 16.8. The molecule has 3 aromatic heterocycles. The summed E-state index contributed by atoms with van der Waals surface area (Å²) in [6.45, 7) is 5.90. The first-order chi connectivity index (χ1) is 12.0. The molecule has 0 aromatic carbocycles. The van der Waals surface area contributed by atoms with Gasteiger partial charge in [-0.15, -0.1) is 0 Å². The smallest absolute Gasteiger partial charge is 0.239 e. The Labute approximate surface area is 145 Å². The summed E-state index contributed by atoms with van der Waals surface area (Å²) in [6.07, 6.45) is 0. The Balaban J connectivity index is 2.07. The molecular formula is C17H20N6O2. The largest absolute Gasteiger partial charge is 0.458 e. The maximum Gasteiger partial charge on any atom is 0.239 e. The quantitative estimate of drug-likeness (QED) is 0.737. The van der Waals surface area contributed by atoms with E-state index < -0.39 is 0 Å². The number of rotatable bonds is 5. The molecule has 0 saturated carbocycles. The minimum absolute atomic E-state index is 0.189. The van der Waals surface area contributed by atoms with E-state index in [0.29, 0.717) is 23.2 Å². The summed E-state index contributed by atoms with van der Waals surface area (Å²) < 4.78 is 7.34. The lowest BCUT2D eigenvalue weighted by molar-refractivity contribution is -0.115. The zero-order valence-corrected chi connectivity index (χ0v) is 14.6. The van der Waals surface area contributed by atoms with Crippen molar-refractivity contribution in [2.75, 3.05) is 18.9 Å². The first-order valence-corrected chi connectivity index (χ1v) is 7.90. The molecule has 8 nitrogen and oxygen atoms in total. The van der Waals surface area contributed by atoms with Crippen LogP contribution >= 0.6 is 0 Å². The lowest BCUT2D eigenvalue weighted by Gasteiger charge is -2.09. The fraction of sp³-hybridized carbons (Fsp3) is 0.294. The lowest BCUT2D eigenvalue weighted by atomic mass is 10.3. The van der Waals surface area contributed by atoms with Gasteiger partial charge in [-0.2, -0.15) is 5.10 Å². The van der Waals surface area contributed by atoms with E-state index in [1.807, 2.05) is 32.9 Å². The van der Waals surface area contributed by atoms with Crippen molar-refractivity contribution >= 4 is 11.7 Å². The normalized spacial score (nSPS) is 10.9. The third-order valence-electron chi connectivity index (χ3n) is 3.50. The van der Waals surface area contributed by atoms with E-state index in [4.69, 9.17) is 4.42 Å². The monoisotopic (exact) mass is 340 g/mol. The molecule has 2 N–H and O–H groups in total. The Morgan fingerprint density at radius 3 is 2.60 bits per heavy atom. The van der Waals surface area contributed by atoms with Gasteiger partial charge in [-0.3, -0.25) is 4.79 Å². The highest BCUT2D eigenvalue weighted by Crippen LogP contribution is 2.22. The number of hydrogen-bond acceptors (Lipinski definition) is 6. The van der Waals surface area contributed by atoms with Gasteiger partial charge in [0, 0.05) is 11.8 Å². The molecule has 0 spiro atoms. The van der Waals surface area contributed by atoms with E-state index in [1.165, 1.54) is 0 Å². The van der Waals surface area contributed by atoms with Crippen LogP contribution in [-0.4, -0.2) is 39.2 Å². The number of carbonyl (C=O) groups is 1. The van der Waals surface area contributed by atoms with Crippen LogP contribution in [0.25, 0.3) is 17.4 Å². The van der Waals surface area contributed by atoms with Crippen molar-refractivity contribution in [3.8, 4) is 17.4 Å². The van der Waals surface area contributed by atoms with Gasteiger partial charge in [0.25, 0.3) is 0 Å². The van der Waals surface area contributed by atoms with Gasteiger partial charge in [0.1, 0.15) is 11.6 Å². The van der Waals surface area contributed by atoms with Crippen LogP contribution < -0.4 is 10.6 Å². The van der Waals surface area contributed by atoms with Crippen LogP contribution in [0, 0.1) is 20.8 Å². The molecule has 0 saturated heterocycles. The molecule has 3 heterocycles. The van der Waals surface area contributed by atoms with Crippen molar-refractivity contribution in [3.05, 3.63) is 41.4 Å². The van der Waals surface area contributed by atoms with E-state index >= 15 is 0 Å². The van der Waals surface area contributed by atoms with E-state index in [1.54, 1.807) is 23.9 Å². The highest BCUT2D eigenvalue weighted by Gasteiger charge is 2.14. The van der Waals surface area contributed by atoms with Gasteiger partial charge in [-0.25, -0.2) is 14.6 Å². The molecular weight excluding hydrogens is 320 g/mol. The van der Waals surface area contributed by atoms with E-state index in [-0.39, 0.29) is 12.5 Å². The van der Waals surface area contributed by atoms with Crippen molar-refractivity contribution in [3.63, 3.8) is 0 Å². The van der Waals surface area contributed by atoms with Crippen LogP contribution in [0.2, 0.25) is 0 Å². The number of nitrogens with zero attached hydrogens (tertiary/aromatic N) is 4. The zero-order valence-electron chi connectivity index (χ0n) is 14.6. The molecule has 0 unspecified atom stereocenters. The number of aryl methyl sites for hydroxylation is 3. The van der Waals surface area contributed by atoms with Gasteiger partial charge in [-0.05, 0) is 46.0 Å². The molecule has 3 rings (SSSR count). The van der Waals surface area contributed by atoms with Crippen molar-refractivity contribution in [2.24, 2.45) is 0 Å². The first-order valence-electron chi connectivity index (χ1n) is 7.90. The molecule has 0 aliphatic rings. The summed E-state index contributed by atoms with van der Waals surface area (Å²) >= 11 is 0. The van der Waals surface area contributed by atoms with Crippen molar-refractivity contribution in [1.82, 2.24) is 25.1 Å². The van der Waals surface area contributed by atoms with Crippen LogP contribution in [0.1, 0.15) is 17.1 Å². The molecule has 0 fully saturated rings. The Morgan fingerprint density at radius 1 is 1.20 bits per heavy atom. The number of hydrogen-bond donors (Lipinski definition) is 2.